The van der Waals surface area contributed by atoms with Crippen LogP contribution in [0.4, 0.5) is 11.4 Å². The topological polar surface area (TPSA) is 96.0 Å². The van der Waals surface area contributed by atoms with Crippen LogP contribution in [0.3, 0.4) is 0 Å². The summed E-state index contributed by atoms with van der Waals surface area (Å²) in [4.78, 5) is 29.2. The molecule has 204 valence electrons. The van der Waals surface area contributed by atoms with E-state index in [1.165, 1.54) is 0 Å². The largest absolute Gasteiger partial charge is 0.385 e. The summed E-state index contributed by atoms with van der Waals surface area (Å²) in [6, 6.07) is 17.1. The fourth-order valence-corrected chi connectivity index (χ4v) is 9.55. The summed E-state index contributed by atoms with van der Waals surface area (Å²) >= 11 is 1.59. The second-order valence-electron chi connectivity index (χ2n) is 10.2. The van der Waals surface area contributed by atoms with Crippen LogP contribution in [0.2, 0.25) is 0 Å². The number of ether oxygens (including phenoxy) is 1. The molecule has 0 radical (unpaired) electrons. The van der Waals surface area contributed by atoms with Gasteiger partial charge in [0.25, 0.3) is 5.91 Å². The van der Waals surface area contributed by atoms with Gasteiger partial charge < -0.3 is 15.0 Å². The van der Waals surface area contributed by atoms with Gasteiger partial charge in [0.05, 0.1) is 5.69 Å². The molecule has 3 aliphatic heterocycles. The molecule has 0 aliphatic carbocycles. The lowest BCUT2D eigenvalue weighted by molar-refractivity contribution is -0.120. The van der Waals surface area contributed by atoms with Gasteiger partial charge in [-0.25, -0.2) is 12.7 Å². The van der Waals surface area contributed by atoms with Crippen LogP contribution >= 0.6 is 11.8 Å². The highest BCUT2D eigenvalue weighted by Crippen LogP contribution is 2.44. The van der Waals surface area contributed by atoms with Crippen molar-refractivity contribution in [3.05, 3.63) is 65.7 Å². The summed E-state index contributed by atoms with van der Waals surface area (Å²) in [5, 5.41) is 4.23. The Morgan fingerprint density at radius 1 is 1.08 bits per heavy atom. The summed E-state index contributed by atoms with van der Waals surface area (Å²) in [5.74, 6) is 0.0965. The number of amides is 2. The van der Waals surface area contributed by atoms with Gasteiger partial charge in [-0.1, -0.05) is 30.3 Å². The fraction of sp³-hybridized carbons (Fsp3) is 0.379. The standard InChI is InChI=1S/C29H31N3O5S2/c1-37-17-5-14-32-24-11-10-23(20-7-4-8-22(27(20)24)29(32)34)30-28(33)19-12-15-31(16-13-19)39(35,36)26-18-38-25-9-3-2-6-21(25)26/h2-4,6-11,19,26H,5,12-18H2,1H3,(H,30,33). The number of nitrogens with zero attached hydrogens (tertiary/aromatic N) is 2. The van der Waals surface area contributed by atoms with Crippen LogP contribution in [0.25, 0.3) is 10.8 Å². The predicted octanol–water partition coefficient (Wildman–Crippen LogP) is 4.66. The quantitative estimate of drug-likeness (QED) is 0.399. The highest BCUT2D eigenvalue weighted by atomic mass is 32.2. The van der Waals surface area contributed by atoms with Crippen molar-refractivity contribution >= 4 is 55.7 Å². The van der Waals surface area contributed by atoms with Gasteiger partial charge in [0.2, 0.25) is 15.9 Å². The van der Waals surface area contributed by atoms with Crippen LogP contribution in [-0.2, 0) is 19.6 Å². The molecule has 0 saturated carbocycles. The Morgan fingerprint density at radius 3 is 2.67 bits per heavy atom. The Bertz CT molecular complexity index is 1550. The number of thioether (sulfide) groups is 1. The van der Waals surface area contributed by atoms with E-state index in [-0.39, 0.29) is 17.7 Å². The maximum atomic E-state index is 13.4. The number of sulfonamides is 1. The third-order valence-electron chi connectivity index (χ3n) is 7.97. The molecule has 6 rings (SSSR count). The highest BCUT2D eigenvalue weighted by Gasteiger charge is 2.40. The average Bonchev–Trinajstić information content (AvgIpc) is 3.51. The van der Waals surface area contributed by atoms with Gasteiger partial charge in [-0.2, -0.15) is 0 Å². The molecule has 1 fully saturated rings. The highest BCUT2D eigenvalue weighted by molar-refractivity contribution is 8.01. The first-order valence-electron chi connectivity index (χ1n) is 13.3. The molecule has 1 N–H and O–H groups in total. The number of fused-ring (bicyclic) bond motifs is 1. The molecular formula is C29H31N3O5S2. The van der Waals surface area contributed by atoms with Crippen LogP contribution in [0.1, 0.15) is 40.4 Å². The van der Waals surface area contributed by atoms with Crippen molar-refractivity contribution in [2.45, 2.75) is 29.4 Å². The second-order valence-corrected chi connectivity index (χ2v) is 13.4. The van der Waals surface area contributed by atoms with E-state index in [1.54, 1.807) is 28.1 Å². The van der Waals surface area contributed by atoms with Gasteiger partial charge in [-0.15, -0.1) is 11.8 Å². The summed E-state index contributed by atoms with van der Waals surface area (Å²) < 4.78 is 33.6. The number of piperidine rings is 1. The van der Waals surface area contributed by atoms with E-state index in [4.69, 9.17) is 4.74 Å². The first-order chi connectivity index (χ1) is 18.9. The van der Waals surface area contributed by atoms with Crippen LogP contribution in [-0.4, -0.2) is 63.6 Å². The van der Waals surface area contributed by atoms with Crippen molar-refractivity contribution in [3.63, 3.8) is 0 Å². The van der Waals surface area contributed by atoms with Crippen LogP contribution < -0.4 is 10.2 Å². The first kappa shape index (κ1) is 26.3. The van der Waals surface area contributed by atoms with E-state index in [2.05, 4.69) is 5.32 Å². The molecule has 3 aromatic rings. The second kappa shape index (κ2) is 10.6. The zero-order valence-electron chi connectivity index (χ0n) is 21.8. The molecule has 10 heteroatoms. The number of carbonyl (C=O) groups excluding carboxylic acids is 2. The molecule has 0 spiro atoms. The summed E-state index contributed by atoms with van der Waals surface area (Å²) in [7, 11) is -1.85. The monoisotopic (exact) mass is 565 g/mol. The van der Waals surface area contributed by atoms with Gasteiger partial charge in [0, 0.05) is 71.9 Å². The molecule has 8 nitrogen and oxygen atoms in total. The van der Waals surface area contributed by atoms with E-state index in [1.807, 2.05) is 54.6 Å². The molecule has 0 bridgehead atoms. The number of benzene rings is 3. The first-order valence-corrected chi connectivity index (χ1v) is 15.8. The molecule has 1 saturated heterocycles. The molecule has 3 aromatic carbocycles. The van der Waals surface area contributed by atoms with Gasteiger partial charge in [-0.3, -0.25) is 9.59 Å². The Kier molecular flexibility index (Phi) is 7.13. The summed E-state index contributed by atoms with van der Waals surface area (Å²) in [5.41, 5.74) is 3.04. The van der Waals surface area contributed by atoms with Crippen LogP contribution in [0, 0.1) is 5.92 Å². The Balaban J connectivity index is 1.14. The number of hydrogen-bond acceptors (Lipinski definition) is 6. The fourth-order valence-electron chi connectivity index (χ4n) is 5.91. The number of carbonyl (C=O) groups is 2. The minimum atomic E-state index is -3.50. The maximum Gasteiger partial charge on any atom is 0.258 e. The Morgan fingerprint density at radius 2 is 1.87 bits per heavy atom. The summed E-state index contributed by atoms with van der Waals surface area (Å²) in [6.07, 6.45) is 1.68. The maximum absolute atomic E-state index is 13.4. The number of anilines is 2. The minimum Gasteiger partial charge on any atom is -0.385 e. The van der Waals surface area contributed by atoms with E-state index in [0.29, 0.717) is 56.1 Å². The smallest absolute Gasteiger partial charge is 0.258 e. The van der Waals surface area contributed by atoms with Crippen molar-refractivity contribution in [2.24, 2.45) is 5.92 Å². The van der Waals surface area contributed by atoms with Gasteiger partial charge in [0.1, 0.15) is 5.25 Å². The number of methoxy groups -OCH3 is 1. The molecule has 2 amide bonds. The molecule has 0 aromatic heterocycles. The molecule has 3 heterocycles. The molecule has 1 atom stereocenters. The Hall–Kier alpha value is -2.92. The average molecular weight is 566 g/mol. The van der Waals surface area contributed by atoms with Gasteiger partial charge in [-0.05, 0) is 49.1 Å². The third kappa shape index (κ3) is 4.63. The molecular weight excluding hydrogens is 534 g/mol. The van der Waals surface area contributed by atoms with Crippen molar-refractivity contribution < 1.29 is 22.7 Å². The van der Waals surface area contributed by atoms with Crippen LogP contribution in [0.15, 0.2) is 59.5 Å². The van der Waals surface area contributed by atoms with Crippen molar-refractivity contribution in [3.8, 4) is 0 Å². The van der Waals surface area contributed by atoms with Crippen molar-refractivity contribution in [1.82, 2.24) is 4.31 Å². The SMILES string of the molecule is COCCCN1C(=O)c2cccc3c(NC(=O)C4CCN(S(=O)(=O)C5CSc6ccccc65)CC4)ccc1c23. The van der Waals surface area contributed by atoms with E-state index in [9.17, 15) is 18.0 Å². The molecule has 3 aliphatic rings. The van der Waals surface area contributed by atoms with Gasteiger partial charge in [0.15, 0.2) is 0 Å². The van der Waals surface area contributed by atoms with Crippen molar-refractivity contribution in [2.75, 3.05) is 49.3 Å². The third-order valence-corrected chi connectivity index (χ3v) is 11.6. The lowest BCUT2D eigenvalue weighted by atomic mass is 9.96. The van der Waals surface area contributed by atoms with Crippen LogP contribution in [0.5, 0.6) is 0 Å². The summed E-state index contributed by atoms with van der Waals surface area (Å²) in [6.45, 7) is 1.80. The zero-order chi connectivity index (χ0) is 27.1. The van der Waals surface area contributed by atoms with Crippen molar-refractivity contribution in [1.29, 1.82) is 0 Å². The van der Waals surface area contributed by atoms with E-state index in [0.717, 1.165) is 33.3 Å². The van der Waals surface area contributed by atoms with Gasteiger partial charge >= 0.3 is 0 Å². The Labute approximate surface area is 232 Å². The predicted molar refractivity (Wildman–Crippen MR) is 154 cm³/mol. The molecule has 39 heavy (non-hydrogen) atoms. The number of nitrogens with one attached hydrogen (secondary N) is 1. The lowest BCUT2D eigenvalue weighted by Gasteiger charge is -2.32. The number of hydrogen-bond donors (Lipinski definition) is 1. The zero-order valence-corrected chi connectivity index (χ0v) is 23.4. The van der Waals surface area contributed by atoms with E-state index < -0.39 is 15.3 Å². The van der Waals surface area contributed by atoms with E-state index >= 15 is 0 Å². The lowest BCUT2D eigenvalue weighted by Crippen LogP contribution is -2.43. The normalized spacial score (nSPS) is 19.6. The molecule has 1 unspecified atom stereocenters. The number of rotatable bonds is 8. The minimum absolute atomic E-state index is 0.0351.